The van der Waals surface area contributed by atoms with E-state index in [9.17, 15) is 14.4 Å². The number of nitrogens with one attached hydrogen (secondary N) is 3. The molecule has 0 saturated carbocycles. The van der Waals surface area contributed by atoms with Gasteiger partial charge in [-0.15, -0.1) is 0 Å². The van der Waals surface area contributed by atoms with Gasteiger partial charge in [-0.2, -0.15) is 5.10 Å². The van der Waals surface area contributed by atoms with E-state index in [-0.39, 0.29) is 43.8 Å². The van der Waals surface area contributed by atoms with Crippen molar-refractivity contribution >= 4 is 17.7 Å². The molecule has 0 radical (unpaired) electrons. The standard InChI is InChI=1S/C32H32N6O6/c1-42-28-14-20-7-11-27(28)43-19-31(40)34-16-21-5-9-22(10-6-21)44-29-18-38(17-26(29)35-30(39)12-8-20)32(41)25-15-24(36-37-25)23-4-2-3-13-33-23/h2-7,9-11,13-15,26,29H,8,12,16-19H2,1H3,(H,34,40)(H,35,39)(H,36,37)/t26-,29-/m0/s1. The lowest BCUT2D eigenvalue weighted by Crippen LogP contribution is -2.45. The fourth-order valence-electron chi connectivity index (χ4n) is 5.22. The zero-order valence-corrected chi connectivity index (χ0v) is 24.1. The van der Waals surface area contributed by atoms with Crippen molar-refractivity contribution in [2.45, 2.75) is 31.5 Å². The summed E-state index contributed by atoms with van der Waals surface area (Å²) in [6.07, 6.45) is 1.84. The second-order valence-corrected chi connectivity index (χ2v) is 10.6. The second-order valence-electron chi connectivity index (χ2n) is 10.6. The van der Waals surface area contributed by atoms with Crippen LogP contribution in [0.1, 0.15) is 28.0 Å². The molecule has 0 unspecified atom stereocenters. The number of H-pyrrole nitrogens is 1. The summed E-state index contributed by atoms with van der Waals surface area (Å²) in [7, 11) is 1.52. The maximum Gasteiger partial charge on any atom is 0.272 e. The van der Waals surface area contributed by atoms with E-state index < -0.39 is 12.1 Å². The molecule has 226 valence electrons. The molecule has 2 aromatic heterocycles. The Balaban J connectivity index is 1.22. The normalized spacial score (nSPS) is 18.9. The summed E-state index contributed by atoms with van der Waals surface area (Å²) in [5.41, 5.74) is 3.29. The van der Waals surface area contributed by atoms with E-state index >= 15 is 0 Å². The molecule has 2 atom stereocenters. The number of hydrogen-bond acceptors (Lipinski definition) is 8. The van der Waals surface area contributed by atoms with Gasteiger partial charge in [0.25, 0.3) is 11.8 Å². The van der Waals surface area contributed by atoms with Gasteiger partial charge in [-0.1, -0.05) is 24.3 Å². The van der Waals surface area contributed by atoms with Gasteiger partial charge in [0.15, 0.2) is 18.1 Å². The van der Waals surface area contributed by atoms with E-state index in [0.717, 1.165) is 11.1 Å². The van der Waals surface area contributed by atoms with Crippen LogP contribution in [0.2, 0.25) is 0 Å². The van der Waals surface area contributed by atoms with Crippen molar-refractivity contribution < 1.29 is 28.6 Å². The number of likely N-dealkylation sites (tertiary alicyclic amines) is 1. The molecule has 9 rings (SSSR count). The average Bonchev–Trinajstić information content (AvgIpc) is 3.70. The number of carbonyl (C=O) groups excluding carboxylic acids is 3. The van der Waals surface area contributed by atoms with Gasteiger partial charge in [-0.3, -0.25) is 24.5 Å². The van der Waals surface area contributed by atoms with Crippen molar-refractivity contribution in [2.75, 3.05) is 26.8 Å². The van der Waals surface area contributed by atoms with Crippen LogP contribution in [-0.4, -0.2) is 76.8 Å². The molecular weight excluding hydrogens is 564 g/mol. The molecule has 5 aliphatic heterocycles. The van der Waals surface area contributed by atoms with Gasteiger partial charge in [0.05, 0.1) is 25.4 Å². The summed E-state index contributed by atoms with van der Waals surface area (Å²) in [6, 6.07) is 19.4. The van der Waals surface area contributed by atoms with Crippen LogP contribution in [0.4, 0.5) is 0 Å². The fraction of sp³-hybridized carbons (Fsp3) is 0.281. The number of pyridine rings is 1. The molecule has 0 spiro atoms. The third-order valence-corrected chi connectivity index (χ3v) is 7.56. The first-order chi connectivity index (χ1) is 21.4. The van der Waals surface area contributed by atoms with E-state index in [2.05, 4.69) is 25.8 Å². The lowest BCUT2D eigenvalue weighted by molar-refractivity contribution is -0.123. The number of aromatic amines is 1. The van der Waals surface area contributed by atoms with Crippen LogP contribution in [0.3, 0.4) is 0 Å². The number of aryl methyl sites for hydroxylation is 1. The monoisotopic (exact) mass is 596 g/mol. The molecule has 12 nitrogen and oxygen atoms in total. The Labute approximate surface area is 253 Å². The zero-order valence-electron chi connectivity index (χ0n) is 24.1. The maximum absolute atomic E-state index is 13.5. The number of hydrogen-bond donors (Lipinski definition) is 3. The summed E-state index contributed by atoms with van der Waals surface area (Å²) in [4.78, 5) is 45.0. The minimum atomic E-state index is -0.492. The first kappa shape index (κ1) is 28.7. The highest BCUT2D eigenvalue weighted by atomic mass is 16.5. The number of amides is 3. The van der Waals surface area contributed by atoms with E-state index in [1.54, 1.807) is 41.4 Å². The zero-order chi connectivity index (χ0) is 30.5. The summed E-state index contributed by atoms with van der Waals surface area (Å²) in [5.74, 6) is 0.806. The molecule has 44 heavy (non-hydrogen) atoms. The summed E-state index contributed by atoms with van der Waals surface area (Å²) >= 11 is 0. The van der Waals surface area contributed by atoms with Crippen molar-refractivity contribution in [3.63, 3.8) is 0 Å². The van der Waals surface area contributed by atoms with Crippen LogP contribution < -0.4 is 24.8 Å². The van der Waals surface area contributed by atoms with Gasteiger partial charge < -0.3 is 29.7 Å². The fourth-order valence-corrected chi connectivity index (χ4v) is 5.22. The quantitative estimate of drug-likeness (QED) is 0.327. The number of methoxy groups -OCH3 is 1. The molecule has 2 aromatic carbocycles. The maximum atomic E-state index is 13.5. The molecule has 4 aromatic rings. The molecule has 3 amide bonds. The highest BCUT2D eigenvalue weighted by Gasteiger charge is 2.38. The van der Waals surface area contributed by atoms with Crippen LogP contribution in [0.15, 0.2) is 72.9 Å². The number of ether oxygens (including phenoxy) is 3. The predicted octanol–water partition coefficient (Wildman–Crippen LogP) is 2.51. The molecule has 5 aliphatic rings. The predicted molar refractivity (Wildman–Crippen MR) is 159 cm³/mol. The van der Waals surface area contributed by atoms with Gasteiger partial charge in [0.1, 0.15) is 23.2 Å². The second kappa shape index (κ2) is 12.9. The first-order valence-corrected chi connectivity index (χ1v) is 14.3. The van der Waals surface area contributed by atoms with Crippen LogP contribution in [0, 0.1) is 0 Å². The summed E-state index contributed by atoms with van der Waals surface area (Å²) in [5, 5.41) is 13.0. The first-order valence-electron chi connectivity index (χ1n) is 14.3. The molecule has 7 heterocycles. The smallest absolute Gasteiger partial charge is 0.272 e. The van der Waals surface area contributed by atoms with Crippen LogP contribution in [-0.2, 0) is 22.6 Å². The topological polar surface area (TPSA) is 148 Å². The van der Waals surface area contributed by atoms with E-state index in [0.29, 0.717) is 47.3 Å². The Bertz CT molecular complexity index is 1640. The molecular formula is C32H32N6O6. The van der Waals surface area contributed by atoms with Crippen LogP contribution in [0.5, 0.6) is 17.2 Å². The van der Waals surface area contributed by atoms with Crippen molar-refractivity contribution in [3.8, 4) is 28.6 Å². The number of rotatable bonds is 3. The summed E-state index contributed by atoms with van der Waals surface area (Å²) < 4.78 is 17.5. The number of aromatic nitrogens is 3. The summed E-state index contributed by atoms with van der Waals surface area (Å²) in [6.45, 7) is 0.670. The highest BCUT2D eigenvalue weighted by molar-refractivity contribution is 5.93. The minimum absolute atomic E-state index is 0.166. The molecule has 1 saturated heterocycles. The molecule has 4 bridgehead atoms. The van der Waals surface area contributed by atoms with Gasteiger partial charge in [0.2, 0.25) is 5.91 Å². The molecule has 0 aliphatic carbocycles. The molecule has 1 fully saturated rings. The van der Waals surface area contributed by atoms with E-state index in [1.165, 1.54) is 7.11 Å². The van der Waals surface area contributed by atoms with Crippen molar-refractivity contribution in [1.29, 1.82) is 0 Å². The largest absolute Gasteiger partial charge is 0.493 e. The van der Waals surface area contributed by atoms with E-state index in [1.807, 2.05) is 36.4 Å². The average molecular weight is 597 g/mol. The molecule has 3 N–H and O–H groups in total. The third-order valence-electron chi connectivity index (χ3n) is 7.56. The van der Waals surface area contributed by atoms with Crippen molar-refractivity contribution in [2.24, 2.45) is 0 Å². The Morgan fingerprint density at radius 3 is 2.59 bits per heavy atom. The lowest BCUT2D eigenvalue weighted by Gasteiger charge is -2.21. The van der Waals surface area contributed by atoms with Crippen LogP contribution in [0.25, 0.3) is 11.4 Å². The number of benzene rings is 2. The van der Waals surface area contributed by atoms with Gasteiger partial charge >= 0.3 is 0 Å². The number of nitrogens with zero attached hydrogens (tertiary/aromatic N) is 3. The Hall–Kier alpha value is -5.39. The van der Waals surface area contributed by atoms with Crippen molar-refractivity contribution in [3.05, 3.63) is 89.7 Å². The van der Waals surface area contributed by atoms with Gasteiger partial charge in [-0.05, 0) is 60.0 Å². The molecule has 12 heteroatoms. The van der Waals surface area contributed by atoms with Gasteiger partial charge in [-0.25, -0.2) is 0 Å². The van der Waals surface area contributed by atoms with Gasteiger partial charge in [0, 0.05) is 25.7 Å². The lowest BCUT2D eigenvalue weighted by atomic mass is 10.1. The highest BCUT2D eigenvalue weighted by Crippen LogP contribution is 2.29. The van der Waals surface area contributed by atoms with Crippen LogP contribution >= 0.6 is 0 Å². The van der Waals surface area contributed by atoms with Crippen molar-refractivity contribution in [1.82, 2.24) is 30.7 Å². The minimum Gasteiger partial charge on any atom is -0.493 e. The SMILES string of the molecule is COc1cc2ccc1OCC(=O)NCc1ccc(cc1)O[C@H]1CN(C(=O)c3cc(-c4ccccn4)n[nH]3)C[C@@H]1NC(=O)CC2. The third kappa shape index (κ3) is 6.64. The van der Waals surface area contributed by atoms with E-state index in [4.69, 9.17) is 14.2 Å². The Morgan fingerprint density at radius 2 is 1.80 bits per heavy atom. The Morgan fingerprint density at radius 1 is 0.955 bits per heavy atom. The number of carbonyl (C=O) groups is 3. The Kier molecular flexibility index (Phi) is 8.39.